The van der Waals surface area contributed by atoms with Crippen molar-refractivity contribution in [1.29, 1.82) is 0 Å². The number of amides is 1. The van der Waals surface area contributed by atoms with E-state index in [2.05, 4.69) is 42.4 Å². The summed E-state index contributed by atoms with van der Waals surface area (Å²) in [6.45, 7) is 6.41. The smallest absolute Gasteiger partial charge is 0.266 e. The Morgan fingerprint density at radius 1 is 1.45 bits per heavy atom. The van der Waals surface area contributed by atoms with Crippen LogP contribution in [0.4, 0.5) is 0 Å². The van der Waals surface area contributed by atoms with Gasteiger partial charge in [-0.05, 0) is 51.2 Å². The topological polar surface area (TPSA) is 54.4 Å². The van der Waals surface area contributed by atoms with E-state index in [0.29, 0.717) is 11.6 Å². The van der Waals surface area contributed by atoms with Crippen LogP contribution in [0.2, 0.25) is 0 Å². The number of nitrogens with one attached hydrogen (secondary N) is 1. The largest absolute Gasteiger partial charge is 0.289 e. The lowest BCUT2D eigenvalue weighted by atomic mass is 10.0. The van der Waals surface area contributed by atoms with Gasteiger partial charge in [-0.25, -0.2) is 5.43 Å². The maximum atomic E-state index is 11.6. The highest BCUT2D eigenvalue weighted by Gasteiger charge is 2.03. The van der Waals surface area contributed by atoms with Crippen molar-refractivity contribution in [2.24, 2.45) is 11.0 Å². The van der Waals surface area contributed by atoms with Crippen LogP contribution < -0.4 is 5.43 Å². The zero-order valence-corrected chi connectivity index (χ0v) is 12.5. The summed E-state index contributed by atoms with van der Waals surface area (Å²) in [5.41, 5.74) is 4.22. The summed E-state index contributed by atoms with van der Waals surface area (Å²) >= 11 is 0. The monoisotopic (exact) mass is 273 g/mol. The summed E-state index contributed by atoms with van der Waals surface area (Å²) in [7, 11) is 0. The number of carbonyl (C=O) groups is 1. The van der Waals surface area contributed by atoms with Crippen LogP contribution in [0.25, 0.3) is 0 Å². The molecule has 1 heterocycles. The van der Waals surface area contributed by atoms with Crippen molar-refractivity contribution in [3.8, 4) is 0 Å². The van der Waals surface area contributed by atoms with Gasteiger partial charge in [0, 0.05) is 12.4 Å². The first-order valence-corrected chi connectivity index (χ1v) is 6.96. The molecule has 4 nitrogen and oxygen atoms in total. The Morgan fingerprint density at radius 2 is 2.25 bits per heavy atom. The van der Waals surface area contributed by atoms with Gasteiger partial charge in [-0.3, -0.25) is 9.78 Å². The minimum Gasteiger partial charge on any atom is -0.266 e. The van der Waals surface area contributed by atoms with E-state index in [1.165, 1.54) is 5.57 Å². The molecule has 0 fully saturated rings. The fourth-order valence-electron chi connectivity index (χ4n) is 1.67. The van der Waals surface area contributed by atoms with Gasteiger partial charge >= 0.3 is 0 Å². The summed E-state index contributed by atoms with van der Waals surface area (Å²) in [5.74, 6) is 0.278. The molecule has 0 saturated heterocycles. The van der Waals surface area contributed by atoms with Crippen molar-refractivity contribution >= 4 is 12.1 Å². The molecule has 0 aliphatic rings. The lowest BCUT2D eigenvalue weighted by Gasteiger charge is -2.05. The molecule has 0 unspecified atom stereocenters. The first-order chi connectivity index (χ1) is 9.59. The maximum Gasteiger partial charge on any atom is 0.289 e. The summed E-state index contributed by atoms with van der Waals surface area (Å²) in [6, 6.07) is 5.21. The Hall–Kier alpha value is -1.97. The highest BCUT2D eigenvalue weighted by molar-refractivity contribution is 5.92. The number of allylic oxidation sites excluding steroid dienone is 2. The molecule has 0 radical (unpaired) electrons. The highest BCUT2D eigenvalue weighted by Crippen LogP contribution is 2.10. The van der Waals surface area contributed by atoms with Gasteiger partial charge in [0.25, 0.3) is 5.91 Å². The van der Waals surface area contributed by atoms with Crippen molar-refractivity contribution in [1.82, 2.24) is 10.4 Å². The summed E-state index contributed by atoms with van der Waals surface area (Å²) < 4.78 is 0. The SMILES string of the molecule is CC(C)=CCC[C@@H](C)C/C=N\NC(=O)c1ccccn1. The van der Waals surface area contributed by atoms with E-state index in [0.717, 1.165) is 19.3 Å². The second kappa shape index (κ2) is 9.02. The molecule has 1 rings (SSSR count). The average Bonchev–Trinajstić information content (AvgIpc) is 2.44. The lowest BCUT2D eigenvalue weighted by Crippen LogP contribution is -2.18. The third kappa shape index (κ3) is 6.83. The lowest BCUT2D eigenvalue weighted by molar-refractivity contribution is 0.0950. The van der Waals surface area contributed by atoms with E-state index in [1.807, 2.05) is 0 Å². The number of nitrogens with zero attached hydrogens (tertiary/aromatic N) is 2. The molecule has 108 valence electrons. The normalized spacial score (nSPS) is 12.2. The van der Waals surface area contributed by atoms with Gasteiger partial charge in [-0.15, -0.1) is 0 Å². The second-order valence-corrected chi connectivity index (χ2v) is 5.17. The number of rotatable bonds is 7. The molecule has 0 spiro atoms. The second-order valence-electron chi connectivity index (χ2n) is 5.17. The summed E-state index contributed by atoms with van der Waals surface area (Å²) in [4.78, 5) is 15.6. The van der Waals surface area contributed by atoms with Crippen LogP contribution >= 0.6 is 0 Å². The molecule has 0 aliphatic carbocycles. The van der Waals surface area contributed by atoms with E-state index in [9.17, 15) is 4.79 Å². The predicted octanol–water partition coefficient (Wildman–Crippen LogP) is 3.57. The standard InChI is InChI=1S/C16H23N3O/c1-13(2)7-6-8-14(3)10-12-18-19-16(20)15-9-4-5-11-17-15/h4-5,7,9,11-12,14H,6,8,10H2,1-3H3,(H,19,20)/b18-12-/t14-/m1/s1. The van der Waals surface area contributed by atoms with Crippen molar-refractivity contribution in [2.45, 2.75) is 40.0 Å². The number of aromatic nitrogens is 1. The van der Waals surface area contributed by atoms with Gasteiger partial charge < -0.3 is 0 Å². The molecule has 0 aromatic carbocycles. The Morgan fingerprint density at radius 3 is 2.90 bits per heavy atom. The molecule has 1 aromatic rings. The van der Waals surface area contributed by atoms with Crippen molar-refractivity contribution < 1.29 is 4.79 Å². The Kier molecular flexibility index (Phi) is 7.25. The van der Waals surface area contributed by atoms with Crippen LogP contribution in [-0.2, 0) is 0 Å². The third-order valence-electron chi connectivity index (χ3n) is 2.87. The summed E-state index contributed by atoms with van der Waals surface area (Å²) in [5, 5.41) is 3.95. The zero-order chi connectivity index (χ0) is 14.8. The third-order valence-corrected chi connectivity index (χ3v) is 2.87. The van der Waals surface area contributed by atoms with Crippen LogP contribution in [0.5, 0.6) is 0 Å². The minimum absolute atomic E-state index is 0.279. The Balaban J connectivity index is 2.25. The molecule has 0 aliphatic heterocycles. The fourth-order valence-corrected chi connectivity index (χ4v) is 1.67. The quantitative estimate of drug-likeness (QED) is 0.469. The minimum atomic E-state index is -0.279. The van der Waals surface area contributed by atoms with Crippen LogP contribution in [0.1, 0.15) is 50.5 Å². The zero-order valence-electron chi connectivity index (χ0n) is 12.5. The number of pyridine rings is 1. The molecule has 1 atom stereocenters. The highest BCUT2D eigenvalue weighted by atomic mass is 16.2. The number of carbonyl (C=O) groups excluding carboxylic acids is 1. The van der Waals surface area contributed by atoms with E-state index >= 15 is 0 Å². The Labute approximate surface area is 121 Å². The van der Waals surface area contributed by atoms with Gasteiger partial charge in [-0.1, -0.05) is 24.6 Å². The van der Waals surface area contributed by atoms with Crippen LogP contribution in [0, 0.1) is 5.92 Å². The van der Waals surface area contributed by atoms with Crippen molar-refractivity contribution in [2.75, 3.05) is 0 Å². The molecular formula is C16H23N3O. The molecule has 0 bridgehead atoms. The van der Waals surface area contributed by atoms with Crippen molar-refractivity contribution in [3.05, 3.63) is 41.7 Å². The molecule has 0 saturated carbocycles. The van der Waals surface area contributed by atoms with Crippen LogP contribution in [0.15, 0.2) is 41.1 Å². The van der Waals surface area contributed by atoms with Gasteiger partial charge in [0.2, 0.25) is 0 Å². The molecule has 1 N–H and O–H groups in total. The van der Waals surface area contributed by atoms with E-state index in [1.54, 1.807) is 30.6 Å². The number of hydrogen-bond acceptors (Lipinski definition) is 3. The van der Waals surface area contributed by atoms with E-state index < -0.39 is 0 Å². The Bertz CT molecular complexity index is 462. The van der Waals surface area contributed by atoms with Gasteiger partial charge in [-0.2, -0.15) is 5.10 Å². The maximum absolute atomic E-state index is 11.6. The molecule has 1 amide bonds. The van der Waals surface area contributed by atoms with Crippen molar-refractivity contribution in [3.63, 3.8) is 0 Å². The van der Waals surface area contributed by atoms with Gasteiger partial charge in [0.05, 0.1) is 0 Å². The molecule has 20 heavy (non-hydrogen) atoms. The molecule has 4 heteroatoms. The fraction of sp³-hybridized carbons (Fsp3) is 0.438. The first kappa shape index (κ1) is 16.1. The van der Waals surface area contributed by atoms with E-state index in [4.69, 9.17) is 0 Å². The summed E-state index contributed by atoms with van der Waals surface area (Å²) in [6.07, 6.45) is 8.68. The predicted molar refractivity (Wildman–Crippen MR) is 82.6 cm³/mol. The van der Waals surface area contributed by atoms with Gasteiger partial charge in [0.15, 0.2) is 0 Å². The molecular weight excluding hydrogens is 250 g/mol. The van der Waals surface area contributed by atoms with E-state index in [-0.39, 0.29) is 5.91 Å². The van der Waals surface area contributed by atoms with Gasteiger partial charge in [0.1, 0.15) is 5.69 Å². The average molecular weight is 273 g/mol. The number of hydrogen-bond donors (Lipinski definition) is 1. The van der Waals surface area contributed by atoms with Crippen LogP contribution in [0.3, 0.4) is 0 Å². The first-order valence-electron chi connectivity index (χ1n) is 6.96. The molecule has 1 aromatic heterocycles. The number of hydrazone groups is 1. The van der Waals surface area contributed by atoms with Crippen LogP contribution in [-0.4, -0.2) is 17.1 Å².